The van der Waals surface area contributed by atoms with E-state index in [0.717, 1.165) is 5.92 Å². The summed E-state index contributed by atoms with van der Waals surface area (Å²) >= 11 is 0. The van der Waals surface area contributed by atoms with Crippen LogP contribution in [0.25, 0.3) is 0 Å². The van der Waals surface area contributed by atoms with Gasteiger partial charge in [0.1, 0.15) is 0 Å². The summed E-state index contributed by atoms with van der Waals surface area (Å²) in [5, 5.41) is 0. The fraction of sp³-hybridized carbons (Fsp3) is 0.625. The standard InChI is InChI=1S/C16H26/c1-5-15(4)16-11-9-13(2)7-6-8-14(3)10-12-16/h5,7,10,16H,6,8-9,11-12H2,1-4H3/b13-7+,14-10-,15-5+/t16-/m1/s1. The van der Waals surface area contributed by atoms with Crippen molar-refractivity contribution in [2.75, 3.05) is 0 Å². The maximum absolute atomic E-state index is 2.45. The lowest BCUT2D eigenvalue weighted by atomic mass is 9.88. The monoisotopic (exact) mass is 218 g/mol. The fourth-order valence-corrected chi connectivity index (χ4v) is 2.26. The maximum atomic E-state index is 2.45. The Hall–Kier alpha value is -0.780. The zero-order valence-corrected chi connectivity index (χ0v) is 11.3. The van der Waals surface area contributed by atoms with Gasteiger partial charge in [0.05, 0.1) is 0 Å². The molecule has 0 saturated carbocycles. The summed E-state index contributed by atoms with van der Waals surface area (Å²) in [6.45, 7) is 8.99. The molecule has 0 amide bonds. The van der Waals surface area contributed by atoms with Crippen molar-refractivity contribution < 1.29 is 0 Å². The van der Waals surface area contributed by atoms with Crippen LogP contribution in [0.15, 0.2) is 34.9 Å². The van der Waals surface area contributed by atoms with Crippen molar-refractivity contribution in [2.24, 2.45) is 5.92 Å². The molecular weight excluding hydrogens is 192 g/mol. The van der Waals surface area contributed by atoms with Crippen LogP contribution in [0.2, 0.25) is 0 Å². The van der Waals surface area contributed by atoms with Gasteiger partial charge in [0.25, 0.3) is 0 Å². The molecule has 0 nitrogen and oxygen atoms in total. The van der Waals surface area contributed by atoms with Crippen molar-refractivity contribution >= 4 is 0 Å². The third-order valence-corrected chi connectivity index (χ3v) is 3.77. The second kappa shape index (κ2) is 6.73. The molecule has 0 heteroatoms. The van der Waals surface area contributed by atoms with Crippen LogP contribution in [0.5, 0.6) is 0 Å². The quantitative estimate of drug-likeness (QED) is 0.515. The molecule has 1 atom stereocenters. The predicted molar refractivity (Wildman–Crippen MR) is 73.5 cm³/mol. The first kappa shape index (κ1) is 13.3. The summed E-state index contributed by atoms with van der Waals surface area (Å²) < 4.78 is 0. The minimum Gasteiger partial charge on any atom is -0.0884 e. The first-order valence-corrected chi connectivity index (χ1v) is 6.57. The fourth-order valence-electron chi connectivity index (χ4n) is 2.26. The van der Waals surface area contributed by atoms with Gasteiger partial charge in [-0.2, -0.15) is 0 Å². The smallest absolute Gasteiger partial charge is 0.0168 e. The van der Waals surface area contributed by atoms with Gasteiger partial charge in [0, 0.05) is 0 Å². The minimum atomic E-state index is 0.751. The Labute approximate surface area is 101 Å². The van der Waals surface area contributed by atoms with E-state index < -0.39 is 0 Å². The Bertz CT molecular complexity index is 302. The van der Waals surface area contributed by atoms with Crippen molar-refractivity contribution in [1.29, 1.82) is 0 Å². The molecule has 0 spiro atoms. The molecule has 0 bridgehead atoms. The van der Waals surface area contributed by atoms with E-state index in [1.807, 2.05) is 0 Å². The number of allylic oxidation sites excluding steroid dienone is 6. The van der Waals surface area contributed by atoms with Crippen LogP contribution < -0.4 is 0 Å². The molecule has 0 fully saturated rings. The molecule has 0 saturated heterocycles. The Morgan fingerprint density at radius 3 is 2.56 bits per heavy atom. The van der Waals surface area contributed by atoms with Crippen molar-refractivity contribution in [2.45, 2.75) is 59.8 Å². The van der Waals surface area contributed by atoms with E-state index in [-0.39, 0.29) is 0 Å². The molecule has 0 aromatic carbocycles. The van der Waals surface area contributed by atoms with Gasteiger partial charge in [-0.05, 0) is 65.7 Å². The van der Waals surface area contributed by atoms with Gasteiger partial charge in [0.2, 0.25) is 0 Å². The van der Waals surface area contributed by atoms with E-state index >= 15 is 0 Å². The van der Waals surface area contributed by atoms with Crippen molar-refractivity contribution in [3.63, 3.8) is 0 Å². The predicted octanol–water partition coefficient (Wildman–Crippen LogP) is 5.43. The normalized spacial score (nSPS) is 31.2. The average molecular weight is 218 g/mol. The zero-order valence-electron chi connectivity index (χ0n) is 11.3. The molecule has 1 aliphatic carbocycles. The molecule has 90 valence electrons. The highest BCUT2D eigenvalue weighted by Crippen LogP contribution is 2.26. The van der Waals surface area contributed by atoms with Crippen molar-refractivity contribution in [3.8, 4) is 0 Å². The van der Waals surface area contributed by atoms with Crippen molar-refractivity contribution in [3.05, 3.63) is 34.9 Å². The Morgan fingerprint density at radius 2 is 1.88 bits per heavy atom. The van der Waals surface area contributed by atoms with E-state index in [4.69, 9.17) is 0 Å². The highest BCUT2D eigenvalue weighted by atomic mass is 14.2. The van der Waals surface area contributed by atoms with Crippen molar-refractivity contribution in [1.82, 2.24) is 0 Å². The van der Waals surface area contributed by atoms with E-state index in [1.165, 1.54) is 32.1 Å². The van der Waals surface area contributed by atoms with Crippen LogP contribution in [-0.2, 0) is 0 Å². The highest BCUT2D eigenvalue weighted by molar-refractivity contribution is 5.11. The molecule has 0 unspecified atom stereocenters. The summed E-state index contributed by atoms with van der Waals surface area (Å²) in [5.74, 6) is 0.751. The summed E-state index contributed by atoms with van der Waals surface area (Å²) in [5.41, 5.74) is 4.68. The third-order valence-electron chi connectivity index (χ3n) is 3.77. The lowest BCUT2D eigenvalue weighted by molar-refractivity contribution is 0.559. The number of rotatable bonds is 1. The Kier molecular flexibility index (Phi) is 5.59. The first-order valence-electron chi connectivity index (χ1n) is 6.57. The SMILES string of the molecule is C/C=C(\C)[C@H]1C/C=C(/C)CC/C=C(\C)CC1. The van der Waals surface area contributed by atoms with Gasteiger partial charge in [-0.1, -0.05) is 34.9 Å². The first-order chi connectivity index (χ1) is 7.63. The number of hydrogen-bond acceptors (Lipinski definition) is 0. The average Bonchev–Trinajstić information content (AvgIpc) is 2.28. The summed E-state index contributed by atoms with van der Waals surface area (Å²) in [7, 11) is 0. The van der Waals surface area contributed by atoms with Crippen LogP contribution in [-0.4, -0.2) is 0 Å². The largest absolute Gasteiger partial charge is 0.0884 e. The molecule has 1 rings (SSSR count). The molecule has 0 radical (unpaired) electrons. The second-order valence-electron chi connectivity index (χ2n) is 5.14. The third kappa shape index (κ3) is 4.38. The molecule has 0 heterocycles. The van der Waals surface area contributed by atoms with Crippen LogP contribution >= 0.6 is 0 Å². The van der Waals surface area contributed by atoms with Crippen LogP contribution in [0, 0.1) is 5.92 Å². The summed E-state index contributed by atoms with van der Waals surface area (Å²) in [6.07, 6.45) is 13.4. The lowest BCUT2D eigenvalue weighted by Gasteiger charge is -2.18. The van der Waals surface area contributed by atoms with E-state index in [0.29, 0.717) is 0 Å². The molecule has 0 aromatic heterocycles. The van der Waals surface area contributed by atoms with E-state index in [2.05, 4.69) is 45.9 Å². The second-order valence-corrected chi connectivity index (χ2v) is 5.14. The van der Waals surface area contributed by atoms with Crippen LogP contribution in [0.3, 0.4) is 0 Å². The van der Waals surface area contributed by atoms with Gasteiger partial charge in [-0.15, -0.1) is 0 Å². The number of hydrogen-bond donors (Lipinski definition) is 0. The molecule has 16 heavy (non-hydrogen) atoms. The zero-order chi connectivity index (χ0) is 12.0. The summed E-state index contributed by atoms with van der Waals surface area (Å²) in [4.78, 5) is 0. The van der Waals surface area contributed by atoms with E-state index in [1.54, 1.807) is 16.7 Å². The molecule has 0 aromatic rings. The van der Waals surface area contributed by atoms with Gasteiger partial charge >= 0.3 is 0 Å². The molecule has 1 aliphatic rings. The van der Waals surface area contributed by atoms with Gasteiger partial charge in [0.15, 0.2) is 0 Å². The molecular formula is C16H26. The Balaban J connectivity index is 2.75. The van der Waals surface area contributed by atoms with Gasteiger partial charge in [-0.25, -0.2) is 0 Å². The molecule has 0 N–H and O–H groups in total. The summed E-state index contributed by atoms with van der Waals surface area (Å²) in [6, 6.07) is 0. The lowest BCUT2D eigenvalue weighted by Crippen LogP contribution is -2.02. The van der Waals surface area contributed by atoms with Crippen LogP contribution in [0.1, 0.15) is 59.8 Å². The van der Waals surface area contributed by atoms with E-state index in [9.17, 15) is 0 Å². The molecule has 0 aliphatic heterocycles. The van der Waals surface area contributed by atoms with Gasteiger partial charge < -0.3 is 0 Å². The maximum Gasteiger partial charge on any atom is -0.0168 e. The Morgan fingerprint density at radius 1 is 1.19 bits per heavy atom. The minimum absolute atomic E-state index is 0.751. The van der Waals surface area contributed by atoms with Crippen LogP contribution in [0.4, 0.5) is 0 Å². The van der Waals surface area contributed by atoms with Gasteiger partial charge in [-0.3, -0.25) is 0 Å². The highest BCUT2D eigenvalue weighted by Gasteiger charge is 2.10. The topological polar surface area (TPSA) is 0 Å².